The Hall–Kier alpha value is -3.31. The van der Waals surface area contributed by atoms with Crippen LogP contribution in [0, 0.1) is 0 Å². The van der Waals surface area contributed by atoms with Gasteiger partial charge in [0, 0.05) is 18.0 Å². The summed E-state index contributed by atoms with van der Waals surface area (Å²) in [5.74, 6) is 0.280. The van der Waals surface area contributed by atoms with Gasteiger partial charge in [-0.25, -0.2) is 0 Å². The van der Waals surface area contributed by atoms with Crippen molar-refractivity contribution in [1.29, 1.82) is 0 Å². The maximum absolute atomic E-state index is 10.9. The van der Waals surface area contributed by atoms with Crippen molar-refractivity contribution in [3.8, 4) is 11.5 Å². The van der Waals surface area contributed by atoms with E-state index in [0.717, 1.165) is 16.7 Å². The Labute approximate surface area is 170 Å². The number of carboxylic acid groups (broad SMARTS) is 1. The molecular weight excluding hydrogens is 366 g/mol. The topological polar surface area (TPSA) is 81.8 Å². The quantitative estimate of drug-likeness (QED) is 0.523. The van der Waals surface area contributed by atoms with Crippen molar-refractivity contribution < 1.29 is 19.4 Å². The van der Waals surface area contributed by atoms with Gasteiger partial charge in [0.1, 0.15) is 13.2 Å². The molecule has 1 atom stereocenters. The van der Waals surface area contributed by atoms with E-state index in [1.54, 1.807) is 0 Å². The van der Waals surface area contributed by atoms with Gasteiger partial charge in [0.25, 0.3) is 0 Å². The minimum atomic E-state index is -0.872. The lowest BCUT2D eigenvalue weighted by Gasteiger charge is -2.20. The molecule has 0 saturated heterocycles. The van der Waals surface area contributed by atoms with Crippen molar-refractivity contribution in [3.63, 3.8) is 0 Å². The Kier molecular flexibility index (Phi) is 7.25. The highest BCUT2D eigenvalue weighted by Gasteiger charge is 2.18. The summed E-state index contributed by atoms with van der Waals surface area (Å²) in [7, 11) is 0. The van der Waals surface area contributed by atoms with E-state index in [9.17, 15) is 4.79 Å². The summed E-state index contributed by atoms with van der Waals surface area (Å²) in [4.78, 5) is 10.9. The van der Waals surface area contributed by atoms with Crippen LogP contribution < -0.4 is 15.2 Å². The fourth-order valence-electron chi connectivity index (χ4n) is 2.99. The molecule has 3 aromatic rings. The maximum atomic E-state index is 10.9. The number of hydrogen-bond acceptors (Lipinski definition) is 4. The molecule has 29 heavy (non-hydrogen) atoms. The molecule has 3 N–H and O–H groups in total. The van der Waals surface area contributed by atoms with E-state index in [0.29, 0.717) is 31.1 Å². The predicted octanol–water partition coefficient (Wildman–Crippen LogP) is 4.71. The summed E-state index contributed by atoms with van der Waals surface area (Å²) >= 11 is 0. The first kappa shape index (κ1) is 20.4. The monoisotopic (exact) mass is 391 g/mol. The lowest BCUT2D eigenvalue weighted by atomic mass is 10.0. The molecule has 0 aliphatic carbocycles. The molecule has 0 aliphatic heterocycles. The summed E-state index contributed by atoms with van der Waals surface area (Å²) in [6.45, 7) is 0.765. The van der Waals surface area contributed by atoms with Crippen molar-refractivity contribution >= 4 is 5.97 Å². The standard InChI is InChI=1S/C24H25NO4/c25-21(14-15-23(26)27)20-12-7-13-22(28-16-18-8-3-1-4-9-18)24(20)29-17-19-10-5-2-6-11-19/h1-13,21H,14-17,25H2,(H,26,27). The number of para-hydroxylation sites is 1. The van der Waals surface area contributed by atoms with Crippen molar-refractivity contribution in [2.45, 2.75) is 32.1 Å². The van der Waals surface area contributed by atoms with Gasteiger partial charge in [0.15, 0.2) is 11.5 Å². The molecule has 3 rings (SSSR count). The molecule has 0 bridgehead atoms. The van der Waals surface area contributed by atoms with Crippen molar-refractivity contribution in [2.75, 3.05) is 0 Å². The molecule has 150 valence electrons. The van der Waals surface area contributed by atoms with E-state index in [2.05, 4.69) is 0 Å². The van der Waals surface area contributed by atoms with Crippen LogP contribution >= 0.6 is 0 Å². The molecule has 0 aliphatic rings. The normalized spacial score (nSPS) is 11.6. The first-order valence-electron chi connectivity index (χ1n) is 9.57. The van der Waals surface area contributed by atoms with Crippen molar-refractivity contribution in [3.05, 3.63) is 95.6 Å². The number of rotatable bonds is 10. The highest BCUT2D eigenvalue weighted by Crippen LogP contribution is 2.36. The zero-order valence-corrected chi connectivity index (χ0v) is 16.2. The maximum Gasteiger partial charge on any atom is 0.303 e. The van der Waals surface area contributed by atoms with Gasteiger partial charge in [0.2, 0.25) is 0 Å². The van der Waals surface area contributed by atoms with Crippen LogP contribution in [-0.2, 0) is 18.0 Å². The van der Waals surface area contributed by atoms with Crippen LogP contribution in [0.3, 0.4) is 0 Å². The minimum Gasteiger partial charge on any atom is -0.485 e. The Morgan fingerprint density at radius 3 is 2.00 bits per heavy atom. The number of hydrogen-bond donors (Lipinski definition) is 2. The van der Waals surface area contributed by atoms with E-state index in [-0.39, 0.29) is 6.42 Å². The Morgan fingerprint density at radius 2 is 1.41 bits per heavy atom. The third kappa shape index (κ3) is 6.09. The second kappa shape index (κ2) is 10.3. The fourth-order valence-corrected chi connectivity index (χ4v) is 2.99. The van der Waals surface area contributed by atoms with Crippen LogP contribution in [0.15, 0.2) is 78.9 Å². The van der Waals surface area contributed by atoms with Crippen LogP contribution in [0.1, 0.15) is 35.6 Å². The zero-order valence-electron chi connectivity index (χ0n) is 16.2. The van der Waals surface area contributed by atoms with Gasteiger partial charge in [-0.05, 0) is 23.6 Å². The molecule has 0 heterocycles. The van der Waals surface area contributed by atoms with Crippen molar-refractivity contribution in [1.82, 2.24) is 0 Å². The molecule has 5 nitrogen and oxygen atoms in total. The Morgan fingerprint density at radius 1 is 0.828 bits per heavy atom. The van der Waals surface area contributed by atoms with Crippen LogP contribution in [-0.4, -0.2) is 11.1 Å². The molecule has 5 heteroatoms. The summed E-state index contributed by atoms with van der Waals surface area (Å²) in [6.07, 6.45) is 0.313. The van der Waals surface area contributed by atoms with E-state index in [1.807, 2.05) is 78.9 Å². The molecule has 3 aromatic carbocycles. The molecule has 0 aromatic heterocycles. The molecule has 0 fully saturated rings. The number of nitrogens with two attached hydrogens (primary N) is 1. The number of aliphatic carboxylic acids is 1. The average molecular weight is 391 g/mol. The molecule has 0 saturated carbocycles. The van der Waals surface area contributed by atoms with E-state index < -0.39 is 12.0 Å². The van der Waals surface area contributed by atoms with Gasteiger partial charge in [0.05, 0.1) is 0 Å². The van der Waals surface area contributed by atoms with Gasteiger partial charge in [-0.1, -0.05) is 72.8 Å². The second-order valence-corrected chi connectivity index (χ2v) is 6.76. The highest BCUT2D eigenvalue weighted by molar-refractivity contribution is 5.66. The summed E-state index contributed by atoms with van der Waals surface area (Å²) in [5.41, 5.74) is 9.10. The average Bonchev–Trinajstić information content (AvgIpc) is 2.76. The Bertz CT molecular complexity index is 913. The highest BCUT2D eigenvalue weighted by atomic mass is 16.5. The Balaban J connectivity index is 1.82. The van der Waals surface area contributed by atoms with Gasteiger partial charge >= 0.3 is 5.97 Å². The molecule has 0 radical (unpaired) electrons. The van der Waals surface area contributed by atoms with E-state index >= 15 is 0 Å². The van der Waals surface area contributed by atoms with Gasteiger partial charge in [-0.3, -0.25) is 4.79 Å². The van der Waals surface area contributed by atoms with Crippen LogP contribution in [0.25, 0.3) is 0 Å². The number of ether oxygens (including phenoxy) is 2. The van der Waals surface area contributed by atoms with Crippen LogP contribution in [0.5, 0.6) is 11.5 Å². The minimum absolute atomic E-state index is 0.00556. The molecule has 1 unspecified atom stereocenters. The lowest BCUT2D eigenvalue weighted by molar-refractivity contribution is -0.137. The summed E-state index contributed by atoms with van der Waals surface area (Å²) < 4.78 is 12.1. The third-order valence-corrected chi connectivity index (χ3v) is 4.54. The first-order chi connectivity index (χ1) is 14.1. The SMILES string of the molecule is NC(CCC(=O)O)c1cccc(OCc2ccccc2)c1OCc1ccccc1. The smallest absolute Gasteiger partial charge is 0.303 e. The van der Waals surface area contributed by atoms with Crippen LogP contribution in [0.2, 0.25) is 0 Å². The molecular formula is C24H25NO4. The van der Waals surface area contributed by atoms with E-state index in [1.165, 1.54) is 0 Å². The number of carboxylic acids is 1. The van der Waals surface area contributed by atoms with Crippen LogP contribution in [0.4, 0.5) is 0 Å². The summed E-state index contributed by atoms with van der Waals surface area (Å²) in [6, 6.07) is 24.8. The van der Waals surface area contributed by atoms with Gasteiger partial charge in [-0.15, -0.1) is 0 Å². The van der Waals surface area contributed by atoms with E-state index in [4.69, 9.17) is 20.3 Å². The molecule has 0 amide bonds. The lowest BCUT2D eigenvalue weighted by Crippen LogP contribution is -2.14. The predicted molar refractivity (Wildman–Crippen MR) is 112 cm³/mol. The third-order valence-electron chi connectivity index (χ3n) is 4.54. The zero-order chi connectivity index (χ0) is 20.5. The summed E-state index contributed by atoms with van der Waals surface area (Å²) in [5, 5.41) is 8.98. The second-order valence-electron chi connectivity index (χ2n) is 6.76. The largest absolute Gasteiger partial charge is 0.485 e. The van der Waals surface area contributed by atoms with Crippen molar-refractivity contribution in [2.24, 2.45) is 5.73 Å². The van der Waals surface area contributed by atoms with Gasteiger partial charge < -0.3 is 20.3 Å². The number of carbonyl (C=O) groups is 1. The first-order valence-corrected chi connectivity index (χ1v) is 9.57. The van der Waals surface area contributed by atoms with Gasteiger partial charge in [-0.2, -0.15) is 0 Å². The fraction of sp³-hybridized carbons (Fsp3) is 0.208. The molecule has 0 spiro atoms. The number of benzene rings is 3.